The number of rotatable bonds is 6. The Morgan fingerprint density at radius 1 is 1.11 bits per heavy atom. The largest absolute Gasteiger partial charge is 0.491 e. The molecule has 2 heterocycles. The van der Waals surface area contributed by atoms with Crippen molar-refractivity contribution in [2.75, 3.05) is 26.2 Å². The monoisotopic (exact) mass is 397 g/mol. The highest BCUT2D eigenvalue weighted by Gasteiger charge is 2.21. The van der Waals surface area contributed by atoms with E-state index in [1.165, 1.54) is 10.2 Å². The van der Waals surface area contributed by atoms with Gasteiger partial charge < -0.3 is 19.3 Å². The molecule has 1 aliphatic rings. The molecule has 2 aromatic carbocycles. The lowest BCUT2D eigenvalue weighted by atomic mass is 10.1. The number of hydrogen-bond acceptors (Lipinski definition) is 5. The summed E-state index contributed by atoms with van der Waals surface area (Å²) >= 11 is 1.76. The standard InChI is InChI=1S/C22H27N3O2S/c1-24-20-9-5-6-10-21(20)28-22(24)23-17-11-13-25(14-12-17)15-18(26)16-27-19-7-3-2-4-8-19/h2-10,17-18,26H,11-16H2,1H3. The molecule has 4 rings (SSSR count). The molecule has 1 N–H and O–H groups in total. The highest BCUT2D eigenvalue weighted by molar-refractivity contribution is 7.16. The Bertz CT molecular complexity index is 959. The van der Waals surface area contributed by atoms with E-state index in [2.05, 4.69) is 40.8 Å². The highest BCUT2D eigenvalue weighted by Crippen LogP contribution is 2.18. The van der Waals surface area contributed by atoms with Crippen LogP contribution in [-0.4, -0.2) is 53.0 Å². The number of fused-ring (bicyclic) bond motifs is 1. The minimum atomic E-state index is -0.478. The normalized spacial score (nSPS) is 17.9. The Balaban J connectivity index is 1.29. The Hall–Kier alpha value is -2.15. The third-order valence-electron chi connectivity index (χ3n) is 5.22. The molecule has 0 saturated carbocycles. The number of aliphatic hydroxyl groups is 1. The minimum Gasteiger partial charge on any atom is -0.491 e. The van der Waals surface area contributed by atoms with Gasteiger partial charge in [-0.1, -0.05) is 41.7 Å². The second-order valence-corrected chi connectivity index (χ2v) is 8.36. The van der Waals surface area contributed by atoms with E-state index in [-0.39, 0.29) is 0 Å². The predicted molar refractivity (Wildman–Crippen MR) is 114 cm³/mol. The molecule has 1 aliphatic heterocycles. The fraction of sp³-hybridized carbons (Fsp3) is 0.409. The number of para-hydroxylation sites is 2. The topological polar surface area (TPSA) is 50.0 Å². The van der Waals surface area contributed by atoms with E-state index >= 15 is 0 Å². The molecule has 28 heavy (non-hydrogen) atoms. The maximum absolute atomic E-state index is 10.3. The minimum absolute atomic E-state index is 0.325. The van der Waals surface area contributed by atoms with Gasteiger partial charge >= 0.3 is 0 Å². The molecular formula is C22H27N3O2S. The van der Waals surface area contributed by atoms with Crippen LogP contribution in [0.4, 0.5) is 0 Å². The van der Waals surface area contributed by atoms with Gasteiger partial charge in [0.25, 0.3) is 0 Å². The molecule has 0 spiro atoms. The van der Waals surface area contributed by atoms with Crippen molar-refractivity contribution in [3.8, 4) is 5.75 Å². The van der Waals surface area contributed by atoms with Crippen LogP contribution in [0.25, 0.3) is 10.2 Å². The smallest absolute Gasteiger partial charge is 0.185 e. The van der Waals surface area contributed by atoms with Crippen molar-refractivity contribution in [2.24, 2.45) is 12.0 Å². The van der Waals surface area contributed by atoms with Gasteiger partial charge in [-0.3, -0.25) is 4.99 Å². The molecule has 0 amide bonds. The van der Waals surface area contributed by atoms with E-state index in [0.29, 0.717) is 19.2 Å². The third-order valence-corrected chi connectivity index (χ3v) is 6.35. The summed E-state index contributed by atoms with van der Waals surface area (Å²) in [6.45, 7) is 2.90. The van der Waals surface area contributed by atoms with Gasteiger partial charge in [-0.25, -0.2) is 0 Å². The fourth-order valence-electron chi connectivity index (χ4n) is 3.65. The molecule has 6 heteroatoms. The third kappa shape index (κ3) is 4.63. The van der Waals surface area contributed by atoms with Crippen LogP contribution in [0.1, 0.15) is 12.8 Å². The summed E-state index contributed by atoms with van der Waals surface area (Å²) in [4.78, 5) is 8.42. The Labute approximate surface area is 169 Å². The zero-order valence-electron chi connectivity index (χ0n) is 16.2. The lowest BCUT2D eigenvalue weighted by molar-refractivity contribution is 0.0596. The van der Waals surface area contributed by atoms with Crippen LogP contribution in [0, 0.1) is 0 Å². The molecule has 5 nitrogen and oxygen atoms in total. The van der Waals surface area contributed by atoms with Crippen LogP contribution in [0.5, 0.6) is 5.75 Å². The summed E-state index contributed by atoms with van der Waals surface area (Å²) in [6.07, 6.45) is 1.58. The Kier molecular flexibility index (Phi) is 6.10. The van der Waals surface area contributed by atoms with E-state index in [1.54, 1.807) is 11.3 Å². The predicted octanol–water partition coefficient (Wildman–Crippen LogP) is 3.04. The van der Waals surface area contributed by atoms with Gasteiger partial charge in [-0.05, 0) is 37.1 Å². The van der Waals surface area contributed by atoms with Crippen LogP contribution in [-0.2, 0) is 7.05 Å². The first-order valence-corrected chi connectivity index (χ1v) is 10.7. The summed E-state index contributed by atoms with van der Waals surface area (Å²) < 4.78 is 9.13. The maximum Gasteiger partial charge on any atom is 0.185 e. The van der Waals surface area contributed by atoms with E-state index in [4.69, 9.17) is 9.73 Å². The van der Waals surface area contributed by atoms with Gasteiger partial charge in [0.2, 0.25) is 0 Å². The molecule has 0 bridgehead atoms. The molecule has 1 saturated heterocycles. The van der Waals surface area contributed by atoms with Crippen LogP contribution in [0.3, 0.4) is 0 Å². The number of benzene rings is 2. The first kappa shape index (κ1) is 19.2. The van der Waals surface area contributed by atoms with Crippen LogP contribution in [0.2, 0.25) is 0 Å². The number of aryl methyl sites for hydroxylation is 1. The average molecular weight is 398 g/mol. The zero-order valence-corrected chi connectivity index (χ0v) is 17.0. The van der Waals surface area contributed by atoms with Crippen LogP contribution in [0.15, 0.2) is 59.6 Å². The average Bonchev–Trinajstić information content (AvgIpc) is 3.04. The quantitative estimate of drug-likeness (QED) is 0.696. The summed E-state index contributed by atoms with van der Waals surface area (Å²) in [7, 11) is 2.09. The van der Waals surface area contributed by atoms with E-state index in [0.717, 1.165) is 36.5 Å². The van der Waals surface area contributed by atoms with Gasteiger partial charge in [0.15, 0.2) is 4.80 Å². The first-order valence-electron chi connectivity index (χ1n) is 9.86. The number of ether oxygens (including phenoxy) is 1. The Morgan fingerprint density at radius 3 is 2.57 bits per heavy atom. The number of piperidine rings is 1. The number of hydrogen-bond donors (Lipinski definition) is 1. The van der Waals surface area contributed by atoms with Crippen molar-refractivity contribution in [1.29, 1.82) is 0 Å². The fourth-order valence-corrected chi connectivity index (χ4v) is 4.74. The summed E-state index contributed by atoms with van der Waals surface area (Å²) in [6, 6.07) is 18.5. The van der Waals surface area contributed by atoms with Crippen molar-refractivity contribution < 1.29 is 9.84 Å². The number of likely N-dealkylation sites (tertiary alicyclic amines) is 1. The molecule has 3 aromatic rings. The van der Waals surface area contributed by atoms with Crippen molar-refractivity contribution in [3.63, 3.8) is 0 Å². The maximum atomic E-state index is 10.3. The molecule has 1 atom stereocenters. The number of nitrogens with zero attached hydrogens (tertiary/aromatic N) is 3. The molecule has 0 radical (unpaired) electrons. The molecule has 1 aromatic heterocycles. The van der Waals surface area contributed by atoms with Crippen molar-refractivity contribution in [3.05, 3.63) is 59.4 Å². The second kappa shape index (κ2) is 8.90. The number of β-amino-alcohol motifs (C(OH)–C–C–N with tert-alkyl or cyclic N) is 1. The van der Waals surface area contributed by atoms with E-state index in [9.17, 15) is 5.11 Å². The van der Waals surface area contributed by atoms with Crippen molar-refractivity contribution >= 4 is 21.6 Å². The summed E-state index contributed by atoms with van der Waals surface area (Å²) in [5, 5.41) is 10.3. The van der Waals surface area contributed by atoms with Gasteiger partial charge in [0, 0.05) is 26.7 Å². The first-order chi connectivity index (χ1) is 13.7. The second-order valence-electron chi connectivity index (χ2n) is 7.35. The van der Waals surface area contributed by atoms with E-state index in [1.807, 2.05) is 30.3 Å². The lowest BCUT2D eigenvalue weighted by Gasteiger charge is -2.31. The highest BCUT2D eigenvalue weighted by atomic mass is 32.1. The molecule has 1 fully saturated rings. The molecule has 0 aliphatic carbocycles. The Morgan fingerprint density at radius 2 is 1.82 bits per heavy atom. The van der Waals surface area contributed by atoms with Gasteiger partial charge in [0.05, 0.1) is 16.3 Å². The van der Waals surface area contributed by atoms with Crippen molar-refractivity contribution in [1.82, 2.24) is 9.47 Å². The molecule has 1 unspecified atom stereocenters. The summed E-state index contributed by atoms with van der Waals surface area (Å²) in [5.74, 6) is 0.801. The van der Waals surface area contributed by atoms with E-state index < -0.39 is 6.10 Å². The SMILES string of the molecule is Cn1c(=NC2CCN(CC(O)COc3ccccc3)CC2)sc2ccccc21. The van der Waals surface area contributed by atoms with Crippen LogP contribution >= 0.6 is 11.3 Å². The number of aromatic nitrogens is 1. The lowest BCUT2D eigenvalue weighted by Crippen LogP contribution is -2.42. The number of thiazole rings is 1. The molecule has 148 valence electrons. The van der Waals surface area contributed by atoms with Gasteiger partial charge in [-0.15, -0.1) is 0 Å². The zero-order chi connectivity index (χ0) is 19.3. The van der Waals surface area contributed by atoms with Gasteiger partial charge in [-0.2, -0.15) is 0 Å². The van der Waals surface area contributed by atoms with Crippen LogP contribution < -0.4 is 9.54 Å². The van der Waals surface area contributed by atoms with Crippen molar-refractivity contribution in [2.45, 2.75) is 25.0 Å². The summed E-state index contributed by atoms with van der Waals surface area (Å²) in [5.41, 5.74) is 1.24. The number of aliphatic hydroxyl groups excluding tert-OH is 1. The van der Waals surface area contributed by atoms with Gasteiger partial charge in [0.1, 0.15) is 18.5 Å². The molecular weight excluding hydrogens is 370 g/mol.